The summed E-state index contributed by atoms with van der Waals surface area (Å²) in [6, 6.07) is 9.05. The average Bonchev–Trinajstić information content (AvgIpc) is 3.64. The fourth-order valence-corrected chi connectivity index (χ4v) is 6.25. The number of aliphatic hydroxyl groups is 1. The van der Waals surface area contributed by atoms with Crippen LogP contribution in [0.1, 0.15) is 48.9 Å². The van der Waals surface area contributed by atoms with Crippen LogP contribution >= 0.6 is 0 Å². The first-order valence-corrected chi connectivity index (χ1v) is 14.9. The fourth-order valence-electron chi connectivity index (χ4n) is 5.42. The van der Waals surface area contributed by atoms with Crippen molar-refractivity contribution in [2.45, 2.75) is 44.4 Å². The number of nitrogens with zero attached hydrogens (tertiary/aromatic N) is 2. The summed E-state index contributed by atoms with van der Waals surface area (Å²) in [5.41, 5.74) is 1.52. The fraction of sp³-hybridized carbons (Fsp3) is 0.519. The number of piperidine rings is 2. The maximum absolute atomic E-state index is 15.4. The van der Waals surface area contributed by atoms with Gasteiger partial charge in [0.25, 0.3) is 11.8 Å². The minimum atomic E-state index is -3.77. The van der Waals surface area contributed by atoms with Gasteiger partial charge in [-0.15, -0.1) is 0 Å². The van der Waals surface area contributed by atoms with E-state index in [1.54, 1.807) is 17.0 Å². The van der Waals surface area contributed by atoms with Crippen molar-refractivity contribution in [3.63, 3.8) is 0 Å². The molecule has 1 spiro atoms. The molecule has 2 aliphatic heterocycles. The lowest BCUT2D eigenvalue weighted by Gasteiger charge is -2.35. The third kappa shape index (κ3) is 6.27. The molecule has 0 radical (unpaired) electrons. The minimum Gasteiger partial charge on any atom is -0.395 e. The molecular weight excluding hydrogens is 533 g/mol. The van der Waals surface area contributed by atoms with Gasteiger partial charge in [0.1, 0.15) is 0 Å². The molecule has 8 nitrogen and oxygen atoms in total. The Bertz CT molecular complexity index is 1330. The van der Waals surface area contributed by atoms with Gasteiger partial charge in [-0.2, -0.15) is 0 Å². The lowest BCUT2D eigenvalue weighted by molar-refractivity contribution is -0.0221. The van der Waals surface area contributed by atoms with Gasteiger partial charge in [-0.1, -0.05) is 6.07 Å². The van der Waals surface area contributed by atoms with Gasteiger partial charge in [-0.05, 0) is 61.4 Å². The van der Waals surface area contributed by atoms with E-state index >= 15 is 4.39 Å². The molecular formula is C27H33F3N4O4S. The third-order valence-electron chi connectivity index (χ3n) is 8.06. The number of anilines is 4. The topological polar surface area (TPSA) is 102 Å². The van der Waals surface area contributed by atoms with Gasteiger partial charge in [-0.25, -0.2) is 21.6 Å². The second kappa shape index (κ2) is 10.5. The smallest absolute Gasteiger partial charge is 0.257 e. The molecule has 2 saturated heterocycles. The van der Waals surface area contributed by atoms with E-state index in [2.05, 4.69) is 10.0 Å². The molecule has 3 aliphatic rings. The van der Waals surface area contributed by atoms with Crippen LogP contribution in [0, 0.1) is 11.2 Å². The number of alkyl halides is 2. The first-order valence-electron chi connectivity index (χ1n) is 13.2. The summed E-state index contributed by atoms with van der Waals surface area (Å²) in [5.74, 6) is -4.48. The Morgan fingerprint density at radius 3 is 2.21 bits per heavy atom. The Morgan fingerprint density at radius 2 is 1.56 bits per heavy atom. The monoisotopic (exact) mass is 566 g/mol. The molecule has 3 fully saturated rings. The molecule has 0 atom stereocenters. The highest BCUT2D eigenvalue weighted by molar-refractivity contribution is 7.92. The van der Waals surface area contributed by atoms with Gasteiger partial charge in [-0.3, -0.25) is 9.52 Å². The maximum Gasteiger partial charge on any atom is 0.257 e. The van der Waals surface area contributed by atoms with Crippen molar-refractivity contribution >= 4 is 38.7 Å². The normalized spacial score (nSPS) is 20.1. The number of hydrogen-bond donors (Lipinski definition) is 3. The molecule has 0 unspecified atom stereocenters. The highest BCUT2D eigenvalue weighted by Gasteiger charge is 2.44. The Balaban J connectivity index is 1.39. The van der Waals surface area contributed by atoms with Crippen LogP contribution in [0.5, 0.6) is 0 Å². The zero-order valence-corrected chi connectivity index (χ0v) is 22.4. The van der Waals surface area contributed by atoms with E-state index in [0.29, 0.717) is 24.2 Å². The van der Waals surface area contributed by atoms with E-state index in [4.69, 9.17) is 5.11 Å². The van der Waals surface area contributed by atoms with Crippen molar-refractivity contribution in [2.75, 3.05) is 58.4 Å². The number of nitrogens with one attached hydrogen (secondary N) is 2. The van der Waals surface area contributed by atoms with Gasteiger partial charge in [0, 0.05) is 39.0 Å². The number of amides is 1. The summed E-state index contributed by atoms with van der Waals surface area (Å²) >= 11 is 0. The van der Waals surface area contributed by atoms with Crippen molar-refractivity contribution in [2.24, 2.45) is 5.41 Å². The molecule has 1 saturated carbocycles. The highest BCUT2D eigenvalue weighted by atomic mass is 32.2. The SMILES string of the molecule is O=C(Nc1cccc(N2CCC(F)(F)CC2)c1F)c1ccc(NS(=O)(=O)CCO)cc1N1CCC2(CC1)CC2. The summed E-state index contributed by atoms with van der Waals surface area (Å²) in [6.07, 6.45) is 3.61. The first kappa shape index (κ1) is 27.6. The average molecular weight is 567 g/mol. The molecule has 12 heteroatoms. The molecule has 5 rings (SSSR count). The Hall–Kier alpha value is -2.99. The Morgan fingerprint density at radius 1 is 0.923 bits per heavy atom. The standard InChI is InChI=1S/C27H33F3N4O4S/c28-24-21(2-1-3-22(24)33-14-10-27(29,30)11-15-33)31-25(36)20-5-4-19(32-39(37,38)17-16-35)18-23(20)34-12-8-26(6-7-26)9-13-34/h1-5,18,32,35H,6-17H2,(H,31,36). The summed E-state index contributed by atoms with van der Waals surface area (Å²) in [5, 5.41) is 11.7. The number of sulfonamides is 1. The number of aliphatic hydroxyl groups excluding tert-OH is 1. The zero-order valence-electron chi connectivity index (χ0n) is 21.6. The van der Waals surface area contributed by atoms with E-state index in [0.717, 1.165) is 12.8 Å². The van der Waals surface area contributed by atoms with E-state index in [1.807, 2.05) is 4.90 Å². The molecule has 0 bridgehead atoms. The van der Waals surface area contributed by atoms with Crippen LogP contribution in [0.25, 0.3) is 0 Å². The third-order valence-corrected chi connectivity index (χ3v) is 9.33. The number of halogens is 3. The van der Waals surface area contributed by atoms with E-state index in [9.17, 15) is 22.0 Å². The summed E-state index contributed by atoms with van der Waals surface area (Å²) in [4.78, 5) is 17.1. The number of hydrogen-bond acceptors (Lipinski definition) is 6. The lowest BCUT2D eigenvalue weighted by Crippen LogP contribution is -2.39. The summed E-state index contributed by atoms with van der Waals surface area (Å²) in [6.45, 7) is 0.902. The summed E-state index contributed by atoms with van der Waals surface area (Å²) < 4.78 is 69.5. The van der Waals surface area contributed by atoms with Crippen LogP contribution in [0.2, 0.25) is 0 Å². The first-order chi connectivity index (χ1) is 18.5. The second-order valence-corrected chi connectivity index (χ2v) is 12.6. The molecule has 0 aromatic heterocycles. The van der Waals surface area contributed by atoms with Gasteiger partial charge in [0.05, 0.1) is 40.7 Å². The van der Waals surface area contributed by atoms with Crippen molar-refractivity contribution in [1.29, 1.82) is 0 Å². The van der Waals surface area contributed by atoms with Gasteiger partial charge < -0.3 is 20.2 Å². The quantitative estimate of drug-likeness (QED) is 0.437. The number of carbonyl (C=O) groups excluding carboxylic acids is 1. The molecule has 3 N–H and O–H groups in total. The van der Waals surface area contributed by atoms with E-state index < -0.39 is 40.0 Å². The van der Waals surface area contributed by atoms with Gasteiger partial charge in [0.2, 0.25) is 10.0 Å². The molecule has 212 valence electrons. The van der Waals surface area contributed by atoms with Crippen LogP contribution in [0.4, 0.5) is 35.9 Å². The molecule has 2 aromatic carbocycles. The van der Waals surface area contributed by atoms with Crippen molar-refractivity contribution in [1.82, 2.24) is 0 Å². The zero-order chi connectivity index (χ0) is 27.8. The van der Waals surface area contributed by atoms with Gasteiger partial charge >= 0.3 is 0 Å². The van der Waals surface area contributed by atoms with Gasteiger partial charge in [0.15, 0.2) is 5.82 Å². The van der Waals surface area contributed by atoms with Crippen LogP contribution in [0.3, 0.4) is 0 Å². The highest BCUT2D eigenvalue weighted by Crippen LogP contribution is 2.54. The Labute approximate surface area is 226 Å². The number of carbonyl (C=O) groups is 1. The van der Waals surface area contributed by atoms with Crippen LogP contribution in [-0.2, 0) is 10.0 Å². The molecule has 2 heterocycles. The Kier molecular flexibility index (Phi) is 7.45. The largest absolute Gasteiger partial charge is 0.395 e. The second-order valence-electron chi connectivity index (χ2n) is 10.8. The molecule has 1 aliphatic carbocycles. The molecule has 1 amide bonds. The number of benzene rings is 2. The van der Waals surface area contributed by atoms with Crippen molar-refractivity contribution in [3.05, 3.63) is 47.8 Å². The van der Waals surface area contributed by atoms with E-state index in [-0.39, 0.29) is 48.6 Å². The molecule has 39 heavy (non-hydrogen) atoms. The van der Waals surface area contributed by atoms with Crippen LogP contribution < -0.4 is 19.8 Å². The lowest BCUT2D eigenvalue weighted by atomic mass is 9.93. The number of rotatable bonds is 8. The molecule has 2 aromatic rings. The summed E-state index contributed by atoms with van der Waals surface area (Å²) in [7, 11) is -3.77. The van der Waals surface area contributed by atoms with Crippen molar-refractivity contribution < 1.29 is 31.5 Å². The van der Waals surface area contributed by atoms with Crippen LogP contribution in [-0.4, -0.2) is 63.9 Å². The van der Waals surface area contributed by atoms with E-state index in [1.165, 1.54) is 37.1 Å². The predicted octanol–water partition coefficient (Wildman–Crippen LogP) is 4.43. The maximum atomic E-state index is 15.4. The van der Waals surface area contributed by atoms with Crippen molar-refractivity contribution in [3.8, 4) is 0 Å². The predicted molar refractivity (Wildman–Crippen MR) is 145 cm³/mol. The van der Waals surface area contributed by atoms with Crippen LogP contribution in [0.15, 0.2) is 36.4 Å². The minimum absolute atomic E-state index is 0.00949.